The van der Waals surface area contributed by atoms with Gasteiger partial charge in [-0.25, -0.2) is 34.3 Å². The molecular weight excluding hydrogens is 1680 g/mol. The lowest BCUT2D eigenvalue weighted by Gasteiger charge is -2.23. The number of nitriles is 1. The standard InChI is InChI=1S/C28H28N6O.C27H28FN5O.C14H19N3O.C11H15N3O.C10H13N3O.C9H8F3N3O/c29-18-20-5-4-6-21(17-20)28(35)32-23-12-9-19(10-13-23)11-14-24-26-25(34-33-24)15-16-30-27(26)31-22-7-2-1-3-8-22;28-20-6-4-5-19(17-20)27(34)31-22-12-9-18(10-13-22)11-14-23-25-24(33-32-23)15-16-29-26(25)30-21-7-2-1-3-8-21;1-10-13-12(17-16-10)7-8-15-14(13)18-9-11-5-3-2-4-6-11;1-7(2)6-15-11-10-8(3)13-14-9(10)4-5-12-11;1-6(2)14-10-9-7(3)12-13-8(9)4-5-11-10;1-5-7-6(15-14-5)2-3-13-8(7)16-4-9(10,11)12/h4-6,9-10,12-13,15-17,22H,1-3,7-8,11,14H2,(H,30,31)(H,32,35)(H,33,34);4-6,9-10,12-13,15-17,21H,1-3,7-8,11,14H2,(H,29,30)(H,31,34)(H,32,33);7-8,11H,2-6,9H2,1H3,(H,16,17);4-5,7H,6H2,1-3H3,(H,13,14);4-6H,1-3H3,(H,12,13);2-3H,4H2,1H3,(H,14,15). The van der Waals surface area contributed by atoms with Gasteiger partial charge in [0.25, 0.3) is 11.8 Å². The molecule has 12 heterocycles. The van der Waals surface area contributed by atoms with Gasteiger partial charge in [0, 0.05) is 106 Å². The number of hydrogen-bond acceptors (Lipinski definition) is 21. The number of aryl methyl sites for hydroxylation is 8. The van der Waals surface area contributed by atoms with Crippen LogP contribution in [0.25, 0.3) is 65.4 Å². The normalized spacial score (nSPS) is 13.6. The second-order valence-corrected chi connectivity index (χ2v) is 34.0. The lowest BCUT2D eigenvalue weighted by Crippen LogP contribution is -2.23. The molecule has 29 nitrogen and oxygen atoms in total. The number of aromatic nitrogens is 18. The van der Waals surface area contributed by atoms with Crippen molar-refractivity contribution in [2.45, 2.75) is 202 Å². The molecule has 33 heteroatoms. The summed E-state index contributed by atoms with van der Waals surface area (Å²) in [6.45, 7) is 15.9. The zero-order chi connectivity index (χ0) is 92.5. The summed E-state index contributed by atoms with van der Waals surface area (Å²) < 4.78 is 71.1. The smallest absolute Gasteiger partial charge is 0.422 e. The lowest BCUT2D eigenvalue weighted by atomic mass is 9.90. The molecule has 0 unspecified atom stereocenters. The first-order chi connectivity index (χ1) is 64.0. The summed E-state index contributed by atoms with van der Waals surface area (Å²) >= 11 is 0. The molecule has 4 aromatic carbocycles. The maximum Gasteiger partial charge on any atom is 0.422 e. The highest BCUT2D eigenvalue weighted by molar-refractivity contribution is 6.05. The van der Waals surface area contributed by atoms with E-state index in [9.17, 15) is 27.2 Å². The number of nitrogens with one attached hydrogen (secondary N) is 10. The molecule has 19 rings (SSSR count). The van der Waals surface area contributed by atoms with Crippen LogP contribution in [-0.4, -0.2) is 147 Å². The molecule has 686 valence electrons. The number of anilines is 4. The highest BCUT2D eigenvalue weighted by Gasteiger charge is 2.30. The molecule has 0 spiro atoms. The molecule has 3 aliphatic carbocycles. The van der Waals surface area contributed by atoms with E-state index in [2.05, 4.69) is 137 Å². The number of fused-ring (bicyclic) bond motifs is 6. The molecule has 0 saturated heterocycles. The highest BCUT2D eigenvalue weighted by Crippen LogP contribution is 2.35. The zero-order valence-electron chi connectivity index (χ0n) is 75.4. The monoisotopic (exact) mass is 1790 g/mol. The number of H-pyrrole nitrogens is 6. The number of halogens is 4. The number of alkyl halides is 3. The van der Waals surface area contributed by atoms with E-state index >= 15 is 0 Å². The number of aromatic amines is 6. The van der Waals surface area contributed by atoms with Crippen LogP contribution in [0.2, 0.25) is 0 Å². The number of pyridine rings is 6. The molecule has 3 fully saturated rings. The summed E-state index contributed by atoms with van der Waals surface area (Å²) in [7, 11) is 0. The van der Waals surface area contributed by atoms with E-state index in [1.54, 1.807) is 61.9 Å². The lowest BCUT2D eigenvalue weighted by molar-refractivity contribution is -0.153. The first-order valence-corrected chi connectivity index (χ1v) is 45.1. The van der Waals surface area contributed by atoms with Crippen LogP contribution in [0.4, 0.5) is 40.6 Å². The molecule has 132 heavy (non-hydrogen) atoms. The Morgan fingerprint density at radius 2 is 0.818 bits per heavy atom. The molecule has 0 aliphatic heterocycles. The largest absolute Gasteiger partial charge is 0.477 e. The third kappa shape index (κ3) is 25.6. The Kier molecular flexibility index (Phi) is 32.1. The first kappa shape index (κ1) is 93.7. The molecular formula is C99H111F4N23O6. The number of carbonyl (C=O) groups excluding carboxylic acids is 2. The van der Waals surface area contributed by atoms with E-state index in [1.165, 1.54) is 126 Å². The van der Waals surface area contributed by atoms with Gasteiger partial charge in [0.15, 0.2) is 6.61 Å². The van der Waals surface area contributed by atoms with Crippen LogP contribution in [0.1, 0.15) is 196 Å². The quantitative estimate of drug-likeness (QED) is 0.0251. The zero-order valence-corrected chi connectivity index (χ0v) is 75.4. The van der Waals surface area contributed by atoms with Crippen molar-refractivity contribution in [3.05, 3.63) is 238 Å². The molecule has 10 N–H and O–H groups in total. The number of nitrogens with zero attached hydrogens (tertiary/aromatic N) is 13. The van der Waals surface area contributed by atoms with E-state index in [-0.39, 0.29) is 23.8 Å². The van der Waals surface area contributed by atoms with E-state index < -0.39 is 18.6 Å². The molecule has 3 saturated carbocycles. The van der Waals surface area contributed by atoms with Gasteiger partial charge in [-0.2, -0.15) is 49.0 Å². The molecule has 0 atom stereocenters. The van der Waals surface area contributed by atoms with Crippen molar-refractivity contribution in [3.8, 4) is 29.6 Å². The Morgan fingerprint density at radius 1 is 0.439 bits per heavy atom. The van der Waals surface area contributed by atoms with Gasteiger partial charge in [-0.05, 0) is 226 Å². The van der Waals surface area contributed by atoms with Crippen LogP contribution in [0, 0.1) is 56.7 Å². The van der Waals surface area contributed by atoms with Crippen molar-refractivity contribution < 1.29 is 46.1 Å². The molecule has 12 aromatic heterocycles. The minimum absolute atomic E-state index is 0.0546. The van der Waals surface area contributed by atoms with Gasteiger partial charge in [-0.3, -0.25) is 40.2 Å². The molecule has 0 radical (unpaired) electrons. The fraction of sp³-hybridized carbons (Fsp3) is 0.364. The number of rotatable bonds is 24. The second-order valence-electron chi connectivity index (χ2n) is 34.0. The number of hydrogen-bond donors (Lipinski definition) is 10. The number of ether oxygens (including phenoxy) is 4. The molecule has 3 aliphatic rings. The SMILES string of the molecule is Cc1[nH]nc2ccnc(OC(C)C)c12.Cc1[nH]nc2ccnc(OCC(C)C)c12.Cc1[nH]nc2ccnc(OCC(F)(F)F)c12.Cc1[nH]nc2ccnc(OCC3CCCCC3)c12.N#Cc1cccc(C(=O)Nc2ccc(CCc3[nH]nc4ccnc(NC5CCCCC5)c34)cc2)c1.O=C(Nc1ccc(CCc2[nH]nc3ccnc(NC4CCCCC4)c23)cc1)c1cccc(F)c1. The highest BCUT2D eigenvalue weighted by atomic mass is 19.4. The Hall–Kier alpha value is -14.5. The summed E-state index contributed by atoms with van der Waals surface area (Å²) in [6.07, 6.45) is 28.4. The third-order valence-electron chi connectivity index (χ3n) is 23.0. The summed E-state index contributed by atoms with van der Waals surface area (Å²) in [5, 5.41) is 71.0. The average molecular weight is 1800 g/mol. The summed E-state index contributed by atoms with van der Waals surface area (Å²) in [4.78, 5) is 50.6. The summed E-state index contributed by atoms with van der Waals surface area (Å²) in [5.74, 6) is 4.05. The number of amides is 2. The molecule has 2 amide bonds. The van der Waals surface area contributed by atoms with Crippen molar-refractivity contribution in [3.63, 3.8) is 0 Å². The Bertz CT molecular complexity index is 6520. The van der Waals surface area contributed by atoms with Crippen molar-refractivity contribution in [1.29, 1.82) is 5.26 Å². The Balaban J connectivity index is 0.000000133. The van der Waals surface area contributed by atoms with Gasteiger partial charge in [-0.15, -0.1) is 0 Å². The van der Waals surface area contributed by atoms with Crippen molar-refractivity contribution in [2.75, 3.05) is 41.1 Å². The van der Waals surface area contributed by atoms with Gasteiger partial charge in [-0.1, -0.05) is 108 Å². The number of benzene rings is 4. The molecule has 0 bridgehead atoms. The van der Waals surface area contributed by atoms with Crippen molar-refractivity contribution in [1.82, 2.24) is 91.1 Å². The predicted molar refractivity (Wildman–Crippen MR) is 504 cm³/mol. The fourth-order valence-electron chi connectivity index (χ4n) is 16.2. The summed E-state index contributed by atoms with van der Waals surface area (Å²) in [5.41, 5.74) is 15.9. The minimum Gasteiger partial charge on any atom is -0.477 e. The summed E-state index contributed by atoms with van der Waals surface area (Å²) in [6, 6.07) is 42.1. The average Bonchev–Trinajstić information content (AvgIpc) is 1.71. The van der Waals surface area contributed by atoms with Crippen LogP contribution in [0.15, 0.2) is 171 Å². The van der Waals surface area contributed by atoms with Crippen LogP contribution in [-0.2, 0) is 25.7 Å². The van der Waals surface area contributed by atoms with Crippen LogP contribution >= 0.6 is 0 Å². The van der Waals surface area contributed by atoms with Crippen LogP contribution in [0.3, 0.4) is 0 Å². The van der Waals surface area contributed by atoms with Gasteiger partial charge in [0.2, 0.25) is 23.5 Å². The number of carbonyl (C=O) groups is 2. The Labute approximate surface area is 761 Å². The van der Waals surface area contributed by atoms with Gasteiger partial charge >= 0.3 is 6.18 Å². The minimum atomic E-state index is -4.37. The fourth-order valence-corrected chi connectivity index (χ4v) is 16.2. The van der Waals surface area contributed by atoms with Gasteiger partial charge in [0.1, 0.15) is 17.5 Å². The third-order valence-corrected chi connectivity index (χ3v) is 23.0. The van der Waals surface area contributed by atoms with Crippen molar-refractivity contribution >= 4 is 100 Å². The van der Waals surface area contributed by atoms with Gasteiger partial charge < -0.3 is 40.2 Å². The first-order valence-electron chi connectivity index (χ1n) is 45.1. The Morgan fingerprint density at radius 3 is 1.23 bits per heavy atom. The van der Waals surface area contributed by atoms with E-state index in [1.807, 2.05) is 126 Å². The van der Waals surface area contributed by atoms with Crippen LogP contribution < -0.4 is 40.2 Å². The van der Waals surface area contributed by atoms with Crippen LogP contribution in [0.5, 0.6) is 23.5 Å². The maximum absolute atomic E-state index is 13.4. The van der Waals surface area contributed by atoms with E-state index in [4.69, 9.17) is 19.5 Å². The molecule has 16 aromatic rings. The predicted octanol–water partition coefficient (Wildman–Crippen LogP) is 21.3. The maximum atomic E-state index is 13.4. The van der Waals surface area contributed by atoms with Gasteiger partial charge in [0.05, 0.1) is 96.4 Å². The topological polar surface area (TPSA) is 392 Å². The van der Waals surface area contributed by atoms with E-state index in [0.29, 0.717) is 81.3 Å². The second kappa shape index (κ2) is 45.2. The van der Waals surface area contributed by atoms with E-state index in [0.717, 1.165) is 144 Å². The van der Waals surface area contributed by atoms with Crippen molar-refractivity contribution in [2.24, 2.45) is 11.8 Å².